The number of aromatic nitrogens is 2. The minimum atomic E-state index is -1.46. The monoisotopic (exact) mass is 417 g/mol. The highest BCUT2D eigenvalue weighted by Gasteiger charge is 2.30. The Morgan fingerprint density at radius 2 is 1.93 bits per heavy atom. The molecule has 0 fully saturated rings. The lowest BCUT2D eigenvalue weighted by molar-refractivity contribution is -0.124. The van der Waals surface area contributed by atoms with Gasteiger partial charge in [-0.25, -0.2) is 14.2 Å². The summed E-state index contributed by atoms with van der Waals surface area (Å²) in [6, 6.07) is 9.19. The van der Waals surface area contributed by atoms with Crippen LogP contribution in [0.1, 0.15) is 49.2 Å². The fourth-order valence-electron chi connectivity index (χ4n) is 3.04. The zero-order chi connectivity index (χ0) is 22.1. The van der Waals surface area contributed by atoms with Crippen LogP contribution in [0.15, 0.2) is 48.9 Å². The topological polar surface area (TPSA) is 115 Å². The minimum Gasteiger partial charge on any atom is -0.454 e. The van der Waals surface area contributed by atoms with Crippen molar-refractivity contribution in [1.82, 2.24) is 9.97 Å². The van der Waals surface area contributed by atoms with Crippen molar-refractivity contribution in [3.05, 3.63) is 60.2 Å². The average Bonchev–Trinajstić information content (AvgIpc) is 2.71. The van der Waals surface area contributed by atoms with Gasteiger partial charge in [0.25, 0.3) is 0 Å². The van der Waals surface area contributed by atoms with Crippen molar-refractivity contribution < 1.29 is 23.8 Å². The lowest BCUT2D eigenvalue weighted by Crippen LogP contribution is -2.38. The Kier molecular flexibility index (Phi) is 8.41. The lowest BCUT2D eigenvalue weighted by Gasteiger charge is -2.26. The highest BCUT2D eigenvalue weighted by Crippen LogP contribution is 2.24. The van der Waals surface area contributed by atoms with Gasteiger partial charge in [-0.15, -0.1) is 0 Å². The van der Waals surface area contributed by atoms with Gasteiger partial charge in [0.2, 0.25) is 5.91 Å². The number of benzene rings is 1. The summed E-state index contributed by atoms with van der Waals surface area (Å²) in [4.78, 5) is 32.0. The van der Waals surface area contributed by atoms with Gasteiger partial charge in [0.15, 0.2) is 5.69 Å². The zero-order valence-electron chi connectivity index (χ0n) is 17.2. The van der Waals surface area contributed by atoms with Gasteiger partial charge in [0.05, 0.1) is 12.3 Å². The molecular weight excluding hydrogens is 389 g/mol. The molecule has 1 aromatic carbocycles. The number of nitrogens with zero attached hydrogens (tertiary/aromatic N) is 2. The second-order valence-corrected chi connectivity index (χ2v) is 7.88. The van der Waals surface area contributed by atoms with Gasteiger partial charge in [-0.1, -0.05) is 30.3 Å². The summed E-state index contributed by atoms with van der Waals surface area (Å²) in [6.07, 6.45) is 2.43. The number of rotatable bonds is 11. The number of carbonyl (C=O) groups excluding carboxylic acids is 2. The van der Waals surface area contributed by atoms with E-state index in [0.717, 1.165) is 5.56 Å². The van der Waals surface area contributed by atoms with Crippen LogP contribution in [-0.2, 0) is 16.0 Å². The molecule has 7 nitrogen and oxygen atoms in total. The molecule has 2 aromatic rings. The Hall–Kier alpha value is -2.87. The Bertz CT molecular complexity index is 812. The molecule has 1 heterocycles. The van der Waals surface area contributed by atoms with Gasteiger partial charge < -0.3 is 15.6 Å². The van der Waals surface area contributed by atoms with E-state index in [2.05, 4.69) is 9.97 Å². The predicted octanol–water partition coefficient (Wildman–Crippen LogP) is 2.63. The summed E-state index contributed by atoms with van der Waals surface area (Å²) < 4.78 is 19.4. The molecule has 3 atom stereocenters. The molecule has 1 amide bonds. The van der Waals surface area contributed by atoms with Gasteiger partial charge in [-0.05, 0) is 38.7 Å². The van der Waals surface area contributed by atoms with Crippen molar-refractivity contribution >= 4 is 11.9 Å². The third kappa shape index (κ3) is 7.87. The van der Waals surface area contributed by atoms with Gasteiger partial charge in [-0.3, -0.25) is 9.78 Å². The number of hydrogen-bond donors (Lipinski definition) is 2. The van der Waals surface area contributed by atoms with Crippen molar-refractivity contribution in [3.8, 4) is 0 Å². The van der Waals surface area contributed by atoms with Crippen LogP contribution in [0, 0.1) is 5.92 Å². The van der Waals surface area contributed by atoms with E-state index < -0.39 is 35.7 Å². The number of halogens is 1. The Balaban J connectivity index is 2.14. The van der Waals surface area contributed by atoms with Crippen LogP contribution in [0.4, 0.5) is 4.39 Å². The number of amides is 1. The quantitative estimate of drug-likeness (QED) is 0.543. The van der Waals surface area contributed by atoms with E-state index in [1.807, 2.05) is 30.3 Å². The number of hydrogen-bond acceptors (Lipinski definition) is 6. The van der Waals surface area contributed by atoms with Crippen molar-refractivity contribution in [2.75, 3.05) is 0 Å². The third-order valence-electron chi connectivity index (χ3n) is 4.76. The predicted molar refractivity (Wildman–Crippen MR) is 109 cm³/mol. The molecule has 0 unspecified atom stereocenters. The van der Waals surface area contributed by atoms with E-state index in [9.17, 15) is 19.1 Å². The summed E-state index contributed by atoms with van der Waals surface area (Å²) in [5.74, 6) is -2.11. The highest BCUT2D eigenvalue weighted by atomic mass is 19.1. The fraction of sp³-hybridized carbons (Fsp3) is 0.455. The van der Waals surface area contributed by atoms with E-state index in [1.54, 1.807) is 0 Å². The van der Waals surface area contributed by atoms with E-state index in [1.165, 1.54) is 32.4 Å². The molecule has 0 saturated carbocycles. The maximum absolute atomic E-state index is 13.9. The van der Waals surface area contributed by atoms with E-state index in [4.69, 9.17) is 10.5 Å². The molecule has 0 aliphatic rings. The van der Waals surface area contributed by atoms with Crippen LogP contribution in [-0.4, -0.2) is 44.8 Å². The van der Waals surface area contributed by atoms with Crippen LogP contribution < -0.4 is 5.73 Å². The first kappa shape index (κ1) is 23.4. The molecule has 0 aliphatic carbocycles. The van der Waals surface area contributed by atoms with Gasteiger partial charge >= 0.3 is 5.97 Å². The van der Waals surface area contributed by atoms with Crippen molar-refractivity contribution in [1.29, 1.82) is 0 Å². The van der Waals surface area contributed by atoms with Crippen molar-refractivity contribution in [3.63, 3.8) is 0 Å². The van der Waals surface area contributed by atoms with Gasteiger partial charge in [0.1, 0.15) is 11.8 Å². The molecule has 1 aromatic heterocycles. The number of ether oxygens (including phenoxy) is 1. The van der Waals surface area contributed by atoms with E-state index in [-0.39, 0.29) is 31.4 Å². The Morgan fingerprint density at radius 3 is 2.50 bits per heavy atom. The fourth-order valence-corrected chi connectivity index (χ4v) is 3.04. The van der Waals surface area contributed by atoms with Crippen molar-refractivity contribution in [2.24, 2.45) is 11.7 Å². The average molecular weight is 417 g/mol. The van der Waals surface area contributed by atoms with Crippen LogP contribution in [0.2, 0.25) is 0 Å². The smallest absolute Gasteiger partial charge is 0.358 e. The summed E-state index contributed by atoms with van der Waals surface area (Å²) in [5.41, 5.74) is 4.85. The number of carbonyl (C=O) groups is 2. The van der Waals surface area contributed by atoms with E-state index in [0.29, 0.717) is 0 Å². The second-order valence-electron chi connectivity index (χ2n) is 7.88. The molecule has 0 aliphatic heterocycles. The van der Waals surface area contributed by atoms with Gasteiger partial charge in [-0.2, -0.15) is 0 Å². The molecule has 0 spiro atoms. The summed E-state index contributed by atoms with van der Waals surface area (Å²) >= 11 is 0. The van der Waals surface area contributed by atoms with Crippen molar-refractivity contribution in [2.45, 2.75) is 57.4 Å². The number of alkyl halides is 1. The highest BCUT2D eigenvalue weighted by molar-refractivity contribution is 5.86. The van der Waals surface area contributed by atoms with Crippen LogP contribution in [0.3, 0.4) is 0 Å². The third-order valence-corrected chi connectivity index (χ3v) is 4.76. The number of aliphatic hydroxyl groups excluding tert-OH is 1. The molecule has 0 radical (unpaired) electrons. The first-order chi connectivity index (χ1) is 14.2. The largest absolute Gasteiger partial charge is 0.454 e. The molecule has 0 bridgehead atoms. The van der Waals surface area contributed by atoms with Crippen LogP contribution >= 0.6 is 0 Å². The number of aliphatic hydroxyl groups is 1. The van der Waals surface area contributed by atoms with Crippen LogP contribution in [0.5, 0.6) is 0 Å². The summed E-state index contributed by atoms with van der Waals surface area (Å²) in [7, 11) is 0. The Morgan fingerprint density at radius 1 is 1.23 bits per heavy atom. The molecule has 30 heavy (non-hydrogen) atoms. The molecule has 162 valence electrons. The SMILES string of the molecule is CC(C)(F)CC[C@H](C[C@H](O)[C@H](Cc1ccccc1)OC(=O)c1cnccn1)C(N)=O. The molecule has 0 saturated heterocycles. The number of primary amides is 1. The normalized spacial score (nSPS) is 14.5. The molecule has 2 rings (SSSR count). The van der Waals surface area contributed by atoms with E-state index >= 15 is 0 Å². The minimum absolute atomic E-state index is 0.00777. The Labute approximate surface area is 175 Å². The number of esters is 1. The maximum Gasteiger partial charge on any atom is 0.358 e. The zero-order valence-corrected chi connectivity index (χ0v) is 17.2. The molecular formula is C22H28FN3O4. The van der Waals surface area contributed by atoms with Crippen LogP contribution in [0.25, 0.3) is 0 Å². The molecule has 8 heteroatoms. The maximum atomic E-state index is 13.9. The lowest BCUT2D eigenvalue weighted by atomic mass is 9.89. The first-order valence-electron chi connectivity index (χ1n) is 9.83. The summed E-state index contributed by atoms with van der Waals surface area (Å²) in [5, 5.41) is 10.8. The first-order valence-corrected chi connectivity index (χ1v) is 9.83. The van der Waals surface area contributed by atoms with Gasteiger partial charge in [0, 0.05) is 24.7 Å². The molecule has 3 N–H and O–H groups in total. The number of nitrogens with two attached hydrogens (primary N) is 1. The second kappa shape index (κ2) is 10.8. The standard InChI is InChI=1S/C22H28FN3O4/c1-22(2,23)9-8-16(20(24)28)13-18(27)19(12-15-6-4-3-5-7-15)30-21(29)17-14-25-10-11-26-17/h3-7,10-11,14,16,18-19,27H,8-9,12-13H2,1-2H3,(H2,24,28)/t16-,18+,19+/m1/s1. The summed E-state index contributed by atoms with van der Waals surface area (Å²) in [6.45, 7) is 2.84.